The quantitative estimate of drug-likeness (QED) is 0.854. The number of methoxy groups -OCH3 is 1. The van der Waals surface area contributed by atoms with Crippen molar-refractivity contribution in [1.82, 2.24) is 4.98 Å². The summed E-state index contributed by atoms with van der Waals surface area (Å²) in [5.41, 5.74) is 6.91. The van der Waals surface area contributed by atoms with Gasteiger partial charge in [-0.25, -0.2) is 4.79 Å². The molecule has 0 spiro atoms. The lowest BCUT2D eigenvalue weighted by Crippen LogP contribution is -2.06. The molecule has 18 heavy (non-hydrogen) atoms. The number of carbonyl (C=O) groups is 1. The number of rotatable bonds is 3. The second kappa shape index (κ2) is 4.89. The number of halogens is 1. The number of hydrogen-bond donors (Lipinski definition) is 2. The summed E-state index contributed by atoms with van der Waals surface area (Å²) < 4.78 is 11.0. The minimum absolute atomic E-state index is 0.295. The minimum atomic E-state index is -0.439. The number of nitrogens with one attached hydrogen (secondary N) is 1. The molecule has 0 atom stereocenters. The number of esters is 1. The zero-order valence-electron chi connectivity index (χ0n) is 10.0. The largest absolute Gasteiger partial charge is 0.496 e. The highest BCUT2D eigenvalue weighted by atomic mass is 79.9. The zero-order valence-corrected chi connectivity index (χ0v) is 11.6. The molecule has 0 amide bonds. The highest BCUT2D eigenvalue weighted by Crippen LogP contribution is 2.34. The van der Waals surface area contributed by atoms with Crippen molar-refractivity contribution in [1.29, 1.82) is 0 Å². The third-order valence-corrected chi connectivity index (χ3v) is 3.20. The van der Waals surface area contributed by atoms with E-state index in [4.69, 9.17) is 15.2 Å². The molecule has 0 saturated heterocycles. The molecule has 96 valence electrons. The summed E-state index contributed by atoms with van der Waals surface area (Å²) in [4.78, 5) is 14.8. The van der Waals surface area contributed by atoms with Crippen LogP contribution >= 0.6 is 15.9 Å². The number of fused-ring (bicyclic) bond motifs is 1. The van der Waals surface area contributed by atoms with Crippen LogP contribution < -0.4 is 10.5 Å². The van der Waals surface area contributed by atoms with Crippen LogP contribution in [0.25, 0.3) is 10.9 Å². The Balaban J connectivity index is 2.65. The standard InChI is InChI=1S/C12H13BrN2O3/c1-3-18-12(16)10-6-4-9(17-2)7(13)5-8(6)15-11(10)14/h4-5,15H,3,14H2,1-2H3. The molecule has 1 aromatic heterocycles. The second-order valence-electron chi connectivity index (χ2n) is 3.67. The molecule has 2 rings (SSSR count). The van der Waals surface area contributed by atoms with Crippen molar-refractivity contribution < 1.29 is 14.3 Å². The number of anilines is 1. The molecule has 0 aliphatic rings. The van der Waals surface area contributed by atoms with Crippen molar-refractivity contribution in [3.05, 3.63) is 22.2 Å². The SMILES string of the molecule is CCOC(=O)c1c(N)[nH]c2cc(Br)c(OC)cc12. The van der Waals surface area contributed by atoms with Gasteiger partial charge >= 0.3 is 5.97 Å². The van der Waals surface area contributed by atoms with E-state index in [2.05, 4.69) is 20.9 Å². The Bertz CT molecular complexity index is 607. The van der Waals surface area contributed by atoms with Crippen molar-refractivity contribution >= 4 is 38.6 Å². The Hall–Kier alpha value is -1.69. The van der Waals surface area contributed by atoms with E-state index in [1.165, 1.54) is 0 Å². The number of benzene rings is 1. The summed E-state index contributed by atoms with van der Waals surface area (Å²) in [5.74, 6) is 0.487. The number of nitrogens with two attached hydrogens (primary N) is 1. The highest BCUT2D eigenvalue weighted by molar-refractivity contribution is 9.10. The Morgan fingerprint density at radius 2 is 2.22 bits per heavy atom. The molecule has 0 aliphatic heterocycles. The molecule has 1 aromatic carbocycles. The van der Waals surface area contributed by atoms with Gasteiger partial charge in [0.2, 0.25) is 0 Å². The summed E-state index contributed by atoms with van der Waals surface area (Å²) in [6.07, 6.45) is 0. The normalized spacial score (nSPS) is 10.6. The number of carbonyl (C=O) groups excluding carboxylic acids is 1. The Morgan fingerprint density at radius 1 is 1.50 bits per heavy atom. The van der Waals surface area contributed by atoms with Crippen LogP contribution in [0.3, 0.4) is 0 Å². The van der Waals surface area contributed by atoms with Crippen molar-refractivity contribution in [3.8, 4) is 5.75 Å². The van der Waals surface area contributed by atoms with E-state index in [0.29, 0.717) is 29.1 Å². The van der Waals surface area contributed by atoms with Crippen molar-refractivity contribution in [3.63, 3.8) is 0 Å². The predicted octanol–water partition coefficient (Wildman–Crippen LogP) is 2.70. The number of aromatic amines is 1. The third kappa shape index (κ3) is 2.03. The van der Waals surface area contributed by atoms with Gasteiger partial charge in [0.05, 0.1) is 18.2 Å². The predicted molar refractivity (Wildman–Crippen MR) is 72.9 cm³/mol. The van der Waals surface area contributed by atoms with E-state index in [-0.39, 0.29) is 0 Å². The molecule has 0 radical (unpaired) electrons. The maximum atomic E-state index is 11.9. The maximum Gasteiger partial charge on any atom is 0.342 e. The van der Waals surface area contributed by atoms with Gasteiger partial charge in [0.15, 0.2) is 0 Å². The summed E-state index contributed by atoms with van der Waals surface area (Å²) in [7, 11) is 1.56. The van der Waals surface area contributed by atoms with E-state index in [1.54, 1.807) is 20.1 Å². The first kappa shape index (κ1) is 12.8. The Kier molecular flexibility index (Phi) is 3.47. The number of hydrogen-bond acceptors (Lipinski definition) is 4. The zero-order chi connectivity index (χ0) is 13.3. The van der Waals surface area contributed by atoms with Crippen LogP contribution in [0.4, 0.5) is 5.82 Å². The lowest BCUT2D eigenvalue weighted by Gasteiger charge is -2.04. The summed E-state index contributed by atoms with van der Waals surface area (Å²) in [5, 5.41) is 0.686. The topological polar surface area (TPSA) is 77.3 Å². The van der Waals surface area contributed by atoms with Crippen LogP contribution in [0.1, 0.15) is 17.3 Å². The van der Waals surface area contributed by atoms with E-state index < -0.39 is 5.97 Å². The molecule has 0 unspecified atom stereocenters. The van der Waals surface area contributed by atoms with Crippen molar-refractivity contribution in [2.24, 2.45) is 0 Å². The van der Waals surface area contributed by atoms with Gasteiger partial charge in [-0.15, -0.1) is 0 Å². The fourth-order valence-corrected chi connectivity index (χ4v) is 2.30. The average molecular weight is 313 g/mol. The van der Waals surface area contributed by atoms with Crippen LogP contribution in [0, 0.1) is 0 Å². The van der Waals surface area contributed by atoms with Gasteiger partial charge in [-0.05, 0) is 35.0 Å². The first-order chi connectivity index (χ1) is 8.58. The molecule has 5 nitrogen and oxygen atoms in total. The van der Waals surface area contributed by atoms with E-state index in [1.807, 2.05) is 6.07 Å². The molecule has 6 heteroatoms. The van der Waals surface area contributed by atoms with E-state index >= 15 is 0 Å². The molecule has 0 bridgehead atoms. The fraction of sp³-hybridized carbons (Fsp3) is 0.250. The molecule has 1 heterocycles. The second-order valence-corrected chi connectivity index (χ2v) is 4.52. The lowest BCUT2D eigenvalue weighted by atomic mass is 10.1. The number of ether oxygens (including phenoxy) is 2. The molecule has 0 saturated carbocycles. The molecule has 3 N–H and O–H groups in total. The highest BCUT2D eigenvalue weighted by Gasteiger charge is 2.19. The fourth-order valence-electron chi connectivity index (χ4n) is 1.80. The van der Waals surface area contributed by atoms with Gasteiger partial charge in [0, 0.05) is 10.9 Å². The van der Waals surface area contributed by atoms with Crippen LogP contribution in [-0.2, 0) is 4.74 Å². The minimum Gasteiger partial charge on any atom is -0.496 e. The summed E-state index contributed by atoms with van der Waals surface area (Å²) in [6, 6.07) is 3.56. The number of aromatic nitrogens is 1. The van der Waals surface area contributed by atoms with Gasteiger partial charge in [-0.1, -0.05) is 0 Å². The number of nitrogen functional groups attached to an aromatic ring is 1. The van der Waals surface area contributed by atoms with E-state index in [0.717, 1.165) is 9.99 Å². The average Bonchev–Trinajstić information content (AvgIpc) is 2.63. The van der Waals surface area contributed by atoms with Crippen molar-refractivity contribution in [2.75, 3.05) is 19.5 Å². The van der Waals surface area contributed by atoms with Gasteiger partial charge < -0.3 is 20.2 Å². The smallest absolute Gasteiger partial charge is 0.342 e. The molecular weight excluding hydrogens is 300 g/mol. The van der Waals surface area contributed by atoms with Crippen LogP contribution in [0.15, 0.2) is 16.6 Å². The molecular formula is C12H13BrN2O3. The van der Waals surface area contributed by atoms with Crippen LogP contribution in [0.2, 0.25) is 0 Å². The Morgan fingerprint density at radius 3 is 2.83 bits per heavy atom. The van der Waals surface area contributed by atoms with E-state index in [9.17, 15) is 4.79 Å². The number of H-pyrrole nitrogens is 1. The van der Waals surface area contributed by atoms with Crippen LogP contribution in [0.5, 0.6) is 5.75 Å². The van der Waals surface area contributed by atoms with Crippen molar-refractivity contribution in [2.45, 2.75) is 6.92 Å². The first-order valence-electron chi connectivity index (χ1n) is 5.40. The third-order valence-electron chi connectivity index (χ3n) is 2.58. The monoisotopic (exact) mass is 312 g/mol. The van der Waals surface area contributed by atoms with Gasteiger partial charge in [0.1, 0.15) is 17.1 Å². The first-order valence-corrected chi connectivity index (χ1v) is 6.19. The van der Waals surface area contributed by atoms with Crippen LogP contribution in [-0.4, -0.2) is 24.7 Å². The maximum absolute atomic E-state index is 11.9. The Labute approximate surface area is 112 Å². The van der Waals surface area contributed by atoms with Gasteiger partial charge in [0.25, 0.3) is 0 Å². The molecule has 0 aliphatic carbocycles. The molecule has 0 fully saturated rings. The lowest BCUT2D eigenvalue weighted by molar-refractivity contribution is 0.0530. The van der Waals surface area contributed by atoms with Gasteiger partial charge in [-0.3, -0.25) is 0 Å². The van der Waals surface area contributed by atoms with Gasteiger partial charge in [-0.2, -0.15) is 0 Å². The summed E-state index contributed by atoms with van der Waals surface area (Å²) in [6.45, 7) is 2.05. The molecule has 2 aromatic rings. The summed E-state index contributed by atoms with van der Waals surface area (Å²) >= 11 is 3.38.